The summed E-state index contributed by atoms with van der Waals surface area (Å²) in [6, 6.07) is 0. The molecule has 0 aliphatic carbocycles. The van der Waals surface area contributed by atoms with Crippen LogP contribution < -0.4 is 0 Å². The number of carbonyl (C=O) groups is 1. The van der Waals surface area contributed by atoms with Gasteiger partial charge >= 0.3 is 0 Å². The van der Waals surface area contributed by atoms with E-state index in [9.17, 15) is 35.5 Å². The van der Waals surface area contributed by atoms with E-state index in [1.54, 1.807) is 0 Å². The van der Waals surface area contributed by atoms with Crippen molar-refractivity contribution in [2.45, 2.75) is 50.6 Å². The van der Waals surface area contributed by atoms with Crippen molar-refractivity contribution in [3.05, 3.63) is 0 Å². The van der Waals surface area contributed by atoms with E-state index < -0.39 is 48.2 Å². The van der Waals surface area contributed by atoms with Crippen LogP contribution in [0.2, 0.25) is 0 Å². The second-order valence-corrected chi connectivity index (χ2v) is 5.01. The predicted molar refractivity (Wildman–Crippen MR) is 57.8 cm³/mol. The zero-order valence-electron chi connectivity index (χ0n) is 9.95. The third kappa shape index (κ3) is 7.03. The Morgan fingerprint density at radius 3 is 2.11 bits per heavy atom. The van der Waals surface area contributed by atoms with Gasteiger partial charge in [0.25, 0.3) is 18.3 Å². The first-order valence-electron chi connectivity index (χ1n) is 5.35. The Hall–Kier alpha value is -0.470. The molecule has 9 heteroatoms. The highest BCUT2D eigenvalue weighted by molar-refractivity contribution is 8.13. The van der Waals surface area contributed by atoms with Crippen LogP contribution >= 0.6 is 11.8 Å². The molecule has 0 heterocycles. The van der Waals surface area contributed by atoms with Crippen LogP contribution in [0, 0.1) is 0 Å². The lowest BCUT2D eigenvalue weighted by Crippen LogP contribution is -2.41. The Kier molecular flexibility index (Phi) is 7.17. The lowest BCUT2D eigenvalue weighted by atomic mass is 10.0. The standard InChI is InChI=1S/C10H13F7OS/c1-2-6(18)19-4-3-9(14,15)5-10(16,17)7(11)8(12)13/h7-8H,2-5H2,1H3. The van der Waals surface area contributed by atoms with Crippen molar-refractivity contribution >= 4 is 16.9 Å². The van der Waals surface area contributed by atoms with Crippen molar-refractivity contribution in [1.29, 1.82) is 0 Å². The normalized spacial score (nSPS) is 14.8. The topological polar surface area (TPSA) is 17.1 Å². The molecule has 0 spiro atoms. The van der Waals surface area contributed by atoms with E-state index in [-0.39, 0.29) is 6.42 Å². The molecule has 0 amide bonds. The number of hydrogen-bond acceptors (Lipinski definition) is 2. The number of halogens is 7. The van der Waals surface area contributed by atoms with E-state index in [2.05, 4.69) is 0 Å². The summed E-state index contributed by atoms with van der Waals surface area (Å²) in [5.74, 6) is -9.25. The molecule has 0 bridgehead atoms. The Bertz CT molecular complexity index is 296. The van der Waals surface area contributed by atoms with Gasteiger partial charge in [-0.2, -0.15) is 0 Å². The van der Waals surface area contributed by atoms with Crippen molar-refractivity contribution in [1.82, 2.24) is 0 Å². The Morgan fingerprint density at radius 1 is 1.16 bits per heavy atom. The molecular weight excluding hydrogens is 301 g/mol. The van der Waals surface area contributed by atoms with Gasteiger partial charge in [0, 0.05) is 18.6 Å². The van der Waals surface area contributed by atoms with Gasteiger partial charge in [-0.15, -0.1) is 0 Å². The molecule has 1 nitrogen and oxygen atoms in total. The van der Waals surface area contributed by atoms with Crippen molar-refractivity contribution in [2.75, 3.05) is 5.75 Å². The molecule has 0 aromatic rings. The van der Waals surface area contributed by atoms with Crippen LogP contribution in [0.15, 0.2) is 0 Å². The van der Waals surface area contributed by atoms with E-state index in [0.29, 0.717) is 11.8 Å². The Balaban J connectivity index is 4.38. The molecule has 0 radical (unpaired) electrons. The number of carbonyl (C=O) groups excluding carboxylic acids is 1. The monoisotopic (exact) mass is 314 g/mol. The average Bonchev–Trinajstić information content (AvgIpc) is 2.25. The van der Waals surface area contributed by atoms with E-state index >= 15 is 0 Å². The minimum atomic E-state index is -4.81. The second kappa shape index (κ2) is 7.35. The lowest BCUT2D eigenvalue weighted by molar-refractivity contribution is -0.174. The number of thioether (sulfide) groups is 1. The molecule has 0 N–H and O–H groups in total. The molecule has 0 rings (SSSR count). The molecule has 0 saturated heterocycles. The highest BCUT2D eigenvalue weighted by atomic mass is 32.2. The Morgan fingerprint density at radius 2 is 1.68 bits per heavy atom. The SMILES string of the molecule is CCC(=O)SCCC(F)(F)CC(F)(F)C(F)C(F)F. The fourth-order valence-electron chi connectivity index (χ4n) is 1.13. The van der Waals surface area contributed by atoms with Crippen LogP contribution in [0.5, 0.6) is 0 Å². The van der Waals surface area contributed by atoms with Gasteiger partial charge in [-0.1, -0.05) is 18.7 Å². The Labute approximate surface area is 109 Å². The van der Waals surface area contributed by atoms with E-state index in [4.69, 9.17) is 0 Å². The summed E-state index contributed by atoms with van der Waals surface area (Å²) in [5, 5.41) is -0.390. The summed E-state index contributed by atoms with van der Waals surface area (Å²) in [6.45, 7) is 1.50. The van der Waals surface area contributed by atoms with Crippen LogP contribution in [0.4, 0.5) is 30.7 Å². The highest BCUT2D eigenvalue weighted by Gasteiger charge is 2.52. The summed E-state index contributed by atoms with van der Waals surface area (Å²) in [6.07, 6.45) is -11.3. The number of rotatable bonds is 8. The van der Waals surface area contributed by atoms with Gasteiger partial charge in [0.2, 0.25) is 6.17 Å². The molecule has 114 valence electrons. The molecule has 0 saturated carbocycles. The maximum absolute atomic E-state index is 13.1. The molecule has 0 fully saturated rings. The molecule has 0 aromatic carbocycles. The van der Waals surface area contributed by atoms with Crippen LogP contribution in [-0.2, 0) is 4.79 Å². The maximum Gasteiger partial charge on any atom is 0.290 e. The number of hydrogen-bond donors (Lipinski definition) is 0. The quantitative estimate of drug-likeness (QED) is 0.621. The minimum Gasteiger partial charge on any atom is -0.287 e. The van der Waals surface area contributed by atoms with E-state index in [1.807, 2.05) is 0 Å². The van der Waals surface area contributed by atoms with Crippen LogP contribution in [0.1, 0.15) is 26.2 Å². The second-order valence-electron chi connectivity index (χ2n) is 3.85. The lowest BCUT2D eigenvalue weighted by Gasteiger charge is -2.25. The van der Waals surface area contributed by atoms with E-state index in [0.717, 1.165) is 0 Å². The van der Waals surface area contributed by atoms with E-state index in [1.165, 1.54) is 6.92 Å². The molecule has 19 heavy (non-hydrogen) atoms. The van der Waals surface area contributed by atoms with Gasteiger partial charge in [0.05, 0.1) is 6.42 Å². The predicted octanol–water partition coefficient (Wildman–Crippen LogP) is 4.31. The van der Waals surface area contributed by atoms with Gasteiger partial charge in [0.15, 0.2) is 5.12 Å². The molecule has 0 aliphatic rings. The summed E-state index contributed by atoms with van der Waals surface area (Å²) in [5.41, 5.74) is 0. The van der Waals surface area contributed by atoms with Crippen LogP contribution in [-0.4, -0.2) is 35.3 Å². The first-order valence-corrected chi connectivity index (χ1v) is 6.34. The molecule has 0 aliphatic heterocycles. The summed E-state index contributed by atoms with van der Waals surface area (Å²) < 4.78 is 87.7. The summed E-state index contributed by atoms with van der Waals surface area (Å²) >= 11 is 0.538. The smallest absolute Gasteiger partial charge is 0.287 e. The van der Waals surface area contributed by atoms with Gasteiger partial charge in [-0.25, -0.2) is 30.7 Å². The average molecular weight is 314 g/mol. The van der Waals surface area contributed by atoms with Gasteiger partial charge in [-0.05, 0) is 0 Å². The van der Waals surface area contributed by atoms with Crippen LogP contribution in [0.25, 0.3) is 0 Å². The third-order valence-corrected chi connectivity index (χ3v) is 3.16. The molecular formula is C10H13F7OS. The minimum absolute atomic E-state index is 0.102. The first kappa shape index (κ1) is 18.5. The zero-order chi connectivity index (χ0) is 15.3. The van der Waals surface area contributed by atoms with Gasteiger partial charge in [0.1, 0.15) is 0 Å². The first-order chi connectivity index (χ1) is 8.52. The summed E-state index contributed by atoms with van der Waals surface area (Å²) in [4.78, 5) is 10.8. The van der Waals surface area contributed by atoms with Crippen molar-refractivity contribution in [2.24, 2.45) is 0 Å². The fourth-order valence-corrected chi connectivity index (χ4v) is 1.96. The molecule has 1 atom stereocenters. The zero-order valence-corrected chi connectivity index (χ0v) is 10.8. The van der Waals surface area contributed by atoms with Crippen molar-refractivity contribution < 1.29 is 35.5 Å². The van der Waals surface area contributed by atoms with Crippen LogP contribution in [0.3, 0.4) is 0 Å². The van der Waals surface area contributed by atoms with Gasteiger partial charge < -0.3 is 0 Å². The van der Waals surface area contributed by atoms with Gasteiger partial charge in [-0.3, -0.25) is 4.79 Å². The fraction of sp³-hybridized carbons (Fsp3) is 0.900. The van der Waals surface area contributed by atoms with Crippen molar-refractivity contribution in [3.63, 3.8) is 0 Å². The number of alkyl halides is 7. The molecule has 0 aromatic heterocycles. The maximum atomic E-state index is 13.1. The highest BCUT2D eigenvalue weighted by Crippen LogP contribution is 2.38. The third-order valence-electron chi connectivity index (χ3n) is 2.14. The van der Waals surface area contributed by atoms with Crippen molar-refractivity contribution in [3.8, 4) is 0 Å². The largest absolute Gasteiger partial charge is 0.290 e. The summed E-state index contributed by atoms with van der Waals surface area (Å²) in [7, 11) is 0. The molecule has 1 unspecified atom stereocenters.